The molecule has 0 aromatic heterocycles. The maximum absolute atomic E-state index is 7.33. The van der Waals surface area contributed by atoms with Gasteiger partial charge in [0.25, 0.3) is 0 Å². The summed E-state index contributed by atoms with van der Waals surface area (Å²) in [6, 6.07) is 0. The Balaban J connectivity index is -0.00000000533. The minimum absolute atomic E-state index is 0. The molecule has 0 spiro atoms. The van der Waals surface area contributed by atoms with E-state index < -0.39 is 9.05 Å². The summed E-state index contributed by atoms with van der Waals surface area (Å²) >= 11 is 0. The van der Waals surface area contributed by atoms with Crippen LogP contribution in [0.15, 0.2) is 0 Å². The van der Waals surface area contributed by atoms with E-state index in [0.29, 0.717) is 0 Å². The van der Waals surface area contributed by atoms with E-state index in [-0.39, 0.29) is 184 Å². The molecular weight excluding hydrogens is 423 g/mol. The second-order valence-electron chi connectivity index (χ2n) is 0.600. The molecule has 0 saturated heterocycles. The first-order valence-corrected chi connectivity index (χ1v) is 2.68. The summed E-state index contributed by atoms with van der Waals surface area (Å²) in [5.41, 5.74) is 0. The molecule has 0 heterocycles. The average Bonchev–Trinajstić information content (AvgIpc) is 0.722. The first-order chi connectivity index (χ1) is 2.00. The Labute approximate surface area is 206 Å². The predicted molar refractivity (Wildman–Crippen MR) is 61.0 cm³/mol. The summed E-state index contributed by atoms with van der Waals surface area (Å²) in [6.07, 6.45) is 0. The molecule has 60 valence electrons. The van der Waals surface area contributed by atoms with Crippen molar-refractivity contribution in [1.82, 2.24) is 0 Å². The zero-order valence-electron chi connectivity index (χ0n) is 2.79. The third-order valence-electron chi connectivity index (χ3n) is 0. The molecule has 0 unspecified atom stereocenters. The standard InChI is InChI=1S/Al.Ba.Ca.Na.H4O4Si.H2O.Sr.10H/c;;;;1-5(2,3)4;;;;;;;;;;;;/h;;;;1-4H;1H2;;;;;;;;;;;. The van der Waals surface area contributed by atoms with Crippen LogP contribution in [0.5, 0.6) is 0 Å². The monoisotopic (exact) mass is 440 g/mol. The van der Waals surface area contributed by atoms with Gasteiger partial charge in [0.1, 0.15) is 0 Å². The summed E-state index contributed by atoms with van der Waals surface area (Å²) in [4.78, 5) is 29.3. The SMILES string of the molecule is O.O[Si](O)(O)O.[AlH3].[BaH2].[CaH2].[NaH].[SrH2]. The van der Waals surface area contributed by atoms with Crippen LogP contribution in [0.1, 0.15) is 0 Å². The first-order valence-electron chi connectivity index (χ1n) is 0.894. The Hall–Kier alpha value is 5.86. The summed E-state index contributed by atoms with van der Waals surface area (Å²) < 4.78 is 0. The van der Waals surface area contributed by atoms with Crippen molar-refractivity contribution >= 4 is 188 Å². The van der Waals surface area contributed by atoms with Crippen molar-refractivity contribution < 1.29 is 24.7 Å². The van der Waals surface area contributed by atoms with Crippen molar-refractivity contribution in [2.45, 2.75) is 0 Å². The molecule has 6 N–H and O–H groups in total. The molecule has 5 nitrogen and oxygen atoms in total. The Morgan fingerprint density at radius 1 is 0.909 bits per heavy atom. The molecular formula is H16AlBaCaNaO5SiSr. The first kappa shape index (κ1) is 43.6. The van der Waals surface area contributed by atoms with Crippen LogP contribution in [0.4, 0.5) is 0 Å². The van der Waals surface area contributed by atoms with Crippen LogP contribution in [-0.4, -0.2) is 213 Å². The molecule has 11 heavy (non-hydrogen) atoms. The fourth-order valence-electron chi connectivity index (χ4n) is 0. The van der Waals surface area contributed by atoms with E-state index in [9.17, 15) is 0 Å². The average molecular weight is 439 g/mol. The van der Waals surface area contributed by atoms with Gasteiger partial charge in [-0.2, -0.15) is 0 Å². The number of hydrogen-bond acceptors (Lipinski definition) is 4. The molecule has 0 atom stereocenters. The van der Waals surface area contributed by atoms with Gasteiger partial charge in [0.2, 0.25) is 0 Å². The molecule has 0 radical (unpaired) electrons. The van der Waals surface area contributed by atoms with Crippen LogP contribution in [-0.2, 0) is 0 Å². The van der Waals surface area contributed by atoms with E-state index in [2.05, 4.69) is 0 Å². The molecule has 0 aliphatic heterocycles. The van der Waals surface area contributed by atoms with Crippen molar-refractivity contribution in [2.75, 3.05) is 0 Å². The van der Waals surface area contributed by atoms with Crippen molar-refractivity contribution in [3.05, 3.63) is 0 Å². The van der Waals surface area contributed by atoms with E-state index in [4.69, 9.17) is 19.2 Å². The van der Waals surface area contributed by atoms with Gasteiger partial charge in [-0.1, -0.05) is 0 Å². The summed E-state index contributed by atoms with van der Waals surface area (Å²) in [6.45, 7) is 0. The predicted octanol–water partition coefficient (Wildman–Crippen LogP) is -8.01. The molecule has 11 heteroatoms. The van der Waals surface area contributed by atoms with Crippen LogP contribution < -0.4 is 0 Å². The van der Waals surface area contributed by atoms with Crippen molar-refractivity contribution in [3.8, 4) is 0 Å². The Morgan fingerprint density at radius 2 is 0.909 bits per heavy atom. The normalized spacial score (nSPS) is 5.45. The molecule has 0 saturated carbocycles. The molecule has 0 aromatic rings. The zero-order valence-corrected chi connectivity index (χ0v) is 3.79. The topological polar surface area (TPSA) is 112 Å². The quantitative estimate of drug-likeness (QED) is 0.281. The van der Waals surface area contributed by atoms with Gasteiger partial charge >= 0.3 is 171 Å². The fourth-order valence-corrected chi connectivity index (χ4v) is 0. The van der Waals surface area contributed by atoms with Gasteiger partial charge in [-0.05, 0) is 0 Å². The van der Waals surface area contributed by atoms with Gasteiger partial charge in [0, 0.05) is 0 Å². The van der Waals surface area contributed by atoms with Crippen LogP contribution in [0.3, 0.4) is 0 Å². The number of rotatable bonds is 0. The van der Waals surface area contributed by atoms with Crippen LogP contribution in [0.2, 0.25) is 0 Å². The molecule has 0 aromatic carbocycles. The van der Waals surface area contributed by atoms with E-state index in [1.807, 2.05) is 0 Å². The molecule has 0 aliphatic carbocycles. The summed E-state index contributed by atoms with van der Waals surface area (Å²) in [7, 11) is -4.61. The molecule has 0 aliphatic rings. The van der Waals surface area contributed by atoms with Gasteiger partial charge in [-0.15, -0.1) is 0 Å². The van der Waals surface area contributed by atoms with Crippen LogP contribution in [0, 0.1) is 0 Å². The van der Waals surface area contributed by atoms with Crippen molar-refractivity contribution in [3.63, 3.8) is 0 Å². The molecule has 0 amide bonds. The van der Waals surface area contributed by atoms with Crippen LogP contribution >= 0.6 is 0 Å². The van der Waals surface area contributed by atoms with Crippen LogP contribution in [0.25, 0.3) is 0 Å². The molecule has 0 fully saturated rings. The van der Waals surface area contributed by atoms with E-state index in [1.165, 1.54) is 0 Å². The van der Waals surface area contributed by atoms with E-state index >= 15 is 0 Å². The fraction of sp³-hybridized carbons (Fsp3) is 0. The zero-order chi connectivity index (χ0) is 4.50. The summed E-state index contributed by atoms with van der Waals surface area (Å²) in [5.74, 6) is 0. The third-order valence-corrected chi connectivity index (χ3v) is 0. The van der Waals surface area contributed by atoms with Gasteiger partial charge in [0.05, 0.1) is 0 Å². The van der Waals surface area contributed by atoms with E-state index in [1.54, 1.807) is 0 Å². The van der Waals surface area contributed by atoms with Crippen molar-refractivity contribution in [2.24, 2.45) is 0 Å². The van der Waals surface area contributed by atoms with Gasteiger partial charge in [0.15, 0.2) is 17.4 Å². The second kappa shape index (κ2) is 24.9. The Kier molecular flexibility index (Phi) is 98.7. The number of hydrogen-bond donors (Lipinski definition) is 4. The van der Waals surface area contributed by atoms with Gasteiger partial charge < -0.3 is 24.7 Å². The van der Waals surface area contributed by atoms with Gasteiger partial charge in [-0.25, -0.2) is 0 Å². The Bertz CT molecular complexity index is 42.0. The summed E-state index contributed by atoms with van der Waals surface area (Å²) in [5, 5.41) is 0. The van der Waals surface area contributed by atoms with Crippen molar-refractivity contribution in [1.29, 1.82) is 0 Å². The minimum atomic E-state index is -4.61. The van der Waals surface area contributed by atoms with E-state index in [0.717, 1.165) is 0 Å². The second-order valence-corrected chi connectivity index (χ2v) is 1.80. The third kappa shape index (κ3) is 88.7. The maximum atomic E-state index is 7.33. The Morgan fingerprint density at radius 3 is 0.909 bits per heavy atom. The molecule has 0 bridgehead atoms. The molecule has 0 rings (SSSR count). The van der Waals surface area contributed by atoms with Gasteiger partial charge in [-0.3, -0.25) is 0 Å².